The highest BCUT2D eigenvalue weighted by Crippen LogP contribution is 2.41. The third-order valence-electron chi connectivity index (χ3n) is 17.3. The fourth-order valence-corrected chi connectivity index (χ4v) is 12.5. The molecule has 0 radical (unpaired) electrons. The predicted molar refractivity (Wildman–Crippen MR) is 281 cm³/mol. The van der Waals surface area contributed by atoms with Gasteiger partial charge in [0.1, 0.15) is 48.8 Å². The number of carbonyl (C=O) groups is 1. The Morgan fingerprint density at radius 1 is 0.947 bits per heavy atom. The number of rotatable bonds is 16. The molecule has 19 nitrogen and oxygen atoms in total. The Morgan fingerprint density at radius 2 is 1.61 bits per heavy atom. The van der Waals surface area contributed by atoms with Gasteiger partial charge in [0, 0.05) is 88.8 Å². The SMILES string of the molecule is CC[C@H]1OC(=O)[C@H](C)[C@@H](O[C@H]2C[C@@](C)(OC)[C@@H](O)[C@H](C)O2)[C@H](C)[C@@H](O[C@@H]2O[C@H](C)C[C@H](N(C)CCC3=CN([C@H](CF)[C@H](OC)c4ccc(N5CCCC5)cc4)NN3)[C@H]2O)[C@](C)(O)C[C@@H](C)CN(C)[C@H](C)[C@@H](O)[C@]1(C)O. The minimum Gasteiger partial charge on any atom is -0.459 e. The number of nitrogens with one attached hydrogen (secondary N) is 2. The van der Waals surface area contributed by atoms with Crippen LogP contribution in [0.5, 0.6) is 0 Å². The summed E-state index contributed by atoms with van der Waals surface area (Å²) in [5, 5.41) is 61.6. The van der Waals surface area contributed by atoms with Crippen molar-refractivity contribution in [1.82, 2.24) is 25.8 Å². The number of ether oxygens (including phenoxy) is 7. The molecule has 0 bridgehead atoms. The number of methoxy groups -OCH3 is 2. The van der Waals surface area contributed by atoms with Crippen molar-refractivity contribution in [2.45, 2.75) is 217 Å². The van der Waals surface area contributed by atoms with E-state index in [1.165, 1.54) is 26.9 Å². The lowest BCUT2D eigenvalue weighted by Gasteiger charge is -2.49. The Labute approximate surface area is 446 Å². The van der Waals surface area contributed by atoms with Crippen molar-refractivity contribution in [2.75, 3.05) is 66.1 Å². The number of hydrazine groups is 2. The molecule has 0 aromatic heterocycles. The van der Waals surface area contributed by atoms with E-state index in [4.69, 9.17) is 33.2 Å². The highest BCUT2D eigenvalue weighted by atomic mass is 19.1. The predicted octanol–water partition coefficient (Wildman–Crippen LogP) is 4.15. The van der Waals surface area contributed by atoms with Crippen LogP contribution in [0.3, 0.4) is 0 Å². The van der Waals surface area contributed by atoms with Gasteiger partial charge in [-0.15, -0.1) is 5.53 Å². The smallest absolute Gasteiger partial charge is 0.311 e. The van der Waals surface area contributed by atoms with E-state index in [1.54, 1.807) is 53.7 Å². The first-order valence-corrected chi connectivity index (χ1v) is 27.5. The van der Waals surface area contributed by atoms with E-state index in [9.17, 15) is 34.7 Å². The molecule has 5 heterocycles. The molecule has 5 aliphatic heterocycles. The first-order valence-electron chi connectivity index (χ1n) is 27.5. The van der Waals surface area contributed by atoms with Gasteiger partial charge in [0.05, 0.1) is 41.5 Å². The number of aliphatic hydroxyl groups is 5. The minimum absolute atomic E-state index is 0.0929. The molecule has 5 aliphatic rings. The summed E-state index contributed by atoms with van der Waals surface area (Å²) >= 11 is 0. The topological polar surface area (TPSA) is 220 Å². The Bertz CT molecular complexity index is 1990. The van der Waals surface area contributed by atoms with Gasteiger partial charge in [0.2, 0.25) is 0 Å². The van der Waals surface area contributed by atoms with Crippen molar-refractivity contribution in [3.8, 4) is 0 Å². The van der Waals surface area contributed by atoms with Crippen molar-refractivity contribution < 1.29 is 67.9 Å². The maximum Gasteiger partial charge on any atom is 0.311 e. The molecule has 0 aliphatic carbocycles. The maximum atomic E-state index is 14.9. The van der Waals surface area contributed by atoms with Crippen LogP contribution in [0.15, 0.2) is 36.2 Å². The van der Waals surface area contributed by atoms with Crippen LogP contribution in [0.2, 0.25) is 0 Å². The van der Waals surface area contributed by atoms with Gasteiger partial charge >= 0.3 is 5.97 Å². The summed E-state index contributed by atoms with van der Waals surface area (Å²) < 4.78 is 59.2. The Balaban J connectivity index is 1.24. The number of anilines is 1. The summed E-state index contributed by atoms with van der Waals surface area (Å²) in [6.45, 7) is 19.8. The van der Waals surface area contributed by atoms with Gasteiger partial charge in [0.15, 0.2) is 12.6 Å². The number of benzene rings is 1. The monoisotopic (exact) mass is 1070 g/mol. The minimum atomic E-state index is -1.85. The zero-order chi connectivity index (χ0) is 55.3. The second kappa shape index (κ2) is 26.0. The fraction of sp³-hybridized carbons (Fsp3) is 0.836. The van der Waals surface area contributed by atoms with Crippen molar-refractivity contribution in [1.29, 1.82) is 0 Å². The van der Waals surface area contributed by atoms with Crippen LogP contribution in [0, 0.1) is 17.8 Å². The molecule has 20 atom stereocenters. The van der Waals surface area contributed by atoms with Gasteiger partial charge in [-0.25, -0.2) is 4.39 Å². The van der Waals surface area contributed by atoms with Gasteiger partial charge in [-0.1, -0.05) is 32.9 Å². The van der Waals surface area contributed by atoms with E-state index in [2.05, 4.69) is 32.9 Å². The van der Waals surface area contributed by atoms with Gasteiger partial charge in [0.25, 0.3) is 0 Å². The second-order valence-electron chi connectivity index (χ2n) is 23.4. The highest BCUT2D eigenvalue weighted by molar-refractivity contribution is 5.73. The lowest BCUT2D eigenvalue weighted by atomic mass is 9.77. The fourth-order valence-electron chi connectivity index (χ4n) is 12.5. The van der Waals surface area contributed by atoms with Crippen molar-refractivity contribution >= 4 is 11.7 Å². The molecule has 7 N–H and O–H groups in total. The van der Waals surface area contributed by atoms with Crippen molar-refractivity contribution in [3.05, 3.63) is 41.7 Å². The molecule has 0 spiro atoms. The van der Waals surface area contributed by atoms with E-state index in [0.717, 1.165) is 30.0 Å². The van der Waals surface area contributed by atoms with E-state index in [-0.39, 0.29) is 31.3 Å². The summed E-state index contributed by atoms with van der Waals surface area (Å²) in [6.07, 6.45) is -5.08. The van der Waals surface area contributed by atoms with Crippen LogP contribution >= 0.6 is 0 Å². The lowest BCUT2D eigenvalue weighted by Crippen LogP contribution is -2.61. The van der Waals surface area contributed by atoms with Gasteiger partial charge < -0.3 is 78.8 Å². The van der Waals surface area contributed by atoms with Crippen LogP contribution in [0.4, 0.5) is 10.1 Å². The average molecular weight is 1070 g/mol. The molecule has 20 heteroatoms. The van der Waals surface area contributed by atoms with Crippen LogP contribution in [-0.2, 0) is 38.0 Å². The molecule has 0 unspecified atom stereocenters. The number of hydrogen-bond donors (Lipinski definition) is 7. The molecule has 0 amide bonds. The number of hydrogen-bond acceptors (Lipinski definition) is 19. The molecule has 4 saturated heterocycles. The molecule has 4 fully saturated rings. The quantitative estimate of drug-likeness (QED) is 0.116. The first-order chi connectivity index (χ1) is 35.3. The Hall–Kier alpha value is -2.80. The number of likely N-dealkylation sites (N-methyl/N-ethyl adjacent to an activating group) is 2. The molecular weight excluding hydrogens is 972 g/mol. The van der Waals surface area contributed by atoms with Crippen LogP contribution in [0.25, 0.3) is 0 Å². The van der Waals surface area contributed by atoms with Crippen LogP contribution < -0.4 is 15.9 Å². The number of nitrogens with zero attached hydrogens (tertiary/aromatic N) is 4. The zero-order valence-electron chi connectivity index (χ0n) is 47.4. The van der Waals surface area contributed by atoms with Crippen molar-refractivity contribution in [2.24, 2.45) is 17.8 Å². The van der Waals surface area contributed by atoms with E-state index < -0.39 is 121 Å². The van der Waals surface area contributed by atoms with Gasteiger partial charge in [-0.05, 0) is 118 Å². The molecule has 6 rings (SSSR count). The third-order valence-corrected chi connectivity index (χ3v) is 17.3. The largest absolute Gasteiger partial charge is 0.459 e. The normalized spacial score (nSPS) is 40.9. The first kappa shape index (κ1) is 61.4. The molecule has 1 aromatic carbocycles. The van der Waals surface area contributed by atoms with Crippen LogP contribution in [0.1, 0.15) is 126 Å². The Morgan fingerprint density at radius 3 is 2.23 bits per heavy atom. The summed E-state index contributed by atoms with van der Waals surface area (Å²) in [6, 6.07) is 6.48. The van der Waals surface area contributed by atoms with Gasteiger partial charge in [-0.3, -0.25) is 9.80 Å². The van der Waals surface area contributed by atoms with E-state index >= 15 is 0 Å². The van der Waals surface area contributed by atoms with Crippen molar-refractivity contribution in [3.63, 3.8) is 0 Å². The summed E-state index contributed by atoms with van der Waals surface area (Å²) in [5.41, 5.74) is 4.61. The van der Waals surface area contributed by atoms with Gasteiger partial charge in [-0.2, -0.15) is 0 Å². The summed E-state index contributed by atoms with van der Waals surface area (Å²) in [7, 11) is 6.86. The highest BCUT2D eigenvalue weighted by Gasteiger charge is 2.53. The maximum absolute atomic E-state index is 14.9. The second-order valence-corrected chi connectivity index (χ2v) is 23.4. The standard InChI is InChI=1S/C55H95FN6O13/c1-15-43-55(10,68)48(64)36(6)60(12)30-32(2)27-53(8,67)50(34(4)46(35(5)51(66)73-43)74-44-28-54(9,70-14)49(65)37(7)72-44)75-52-45(63)41(26-33(3)71-52)59(11)25-22-39-31-62(58-57-39)42(29-56)47(69-13)38-18-20-40(21-19-38)61-23-16-17-24-61/h18-21,31-37,41-50,52,57-58,63-65,67-68H,15-17,22-30H2,1-14H3/t32-,33-,34+,35-,36-,37+,41+,42-,43-,44+,45-,46+,47-,48-,49+,50-,52+,53-,54-,55-/m1/s1. The molecule has 0 saturated carbocycles. The molecule has 75 heavy (non-hydrogen) atoms. The zero-order valence-corrected chi connectivity index (χ0v) is 47.4. The molecular formula is C55H95FN6O13. The van der Waals surface area contributed by atoms with E-state index in [0.29, 0.717) is 25.9 Å². The van der Waals surface area contributed by atoms with E-state index in [1.807, 2.05) is 58.1 Å². The number of esters is 1. The number of aliphatic hydroxyl groups excluding tert-OH is 3. The van der Waals surface area contributed by atoms with Crippen LogP contribution in [-0.4, -0.2) is 204 Å². The average Bonchev–Trinajstić information content (AvgIpc) is 4.09. The Kier molecular flexibility index (Phi) is 21.3. The molecule has 1 aromatic rings. The number of halogens is 1. The summed E-state index contributed by atoms with van der Waals surface area (Å²) in [5.74, 6) is -2.83. The number of alkyl halides is 1. The molecule has 430 valence electrons. The number of carbonyl (C=O) groups excluding carboxylic acids is 1. The number of cyclic esters (lactones) is 1. The summed E-state index contributed by atoms with van der Waals surface area (Å²) in [4.78, 5) is 20.9. The lowest BCUT2D eigenvalue weighted by molar-refractivity contribution is -0.318. The third kappa shape index (κ3) is 14.2.